The Morgan fingerprint density at radius 1 is 1.50 bits per heavy atom. The summed E-state index contributed by atoms with van der Waals surface area (Å²) in [6.07, 6.45) is 1.74. The molecular formula is C10H20O3S. The number of aliphatic hydroxyl groups excluding tert-OH is 1. The van der Waals surface area contributed by atoms with Crippen LogP contribution in [0.5, 0.6) is 0 Å². The average Bonchev–Trinajstić information content (AvgIpc) is 2.47. The van der Waals surface area contributed by atoms with Gasteiger partial charge in [0, 0.05) is 6.61 Å². The fourth-order valence-corrected chi connectivity index (χ4v) is 4.15. The molecule has 0 bridgehead atoms. The summed E-state index contributed by atoms with van der Waals surface area (Å²) in [7, 11) is -2.80. The minimum Gasteiger partial charge on any atom is -0.396 e. The number of hydrogen-bond donors (Lipinski definition) is 1. The minimum atomic E-state index is -2.80. The highest BCUT2D eigenvalue weighted by molar-refractivity contribution is 7.91. The van der Waals surface area contributed by atoms with Crippen LogP contribution in [0, 0.1) is 17.8 Å². The van der Waals surface area contributed by atoms with Crippen LogP contribution in [0.2, 0.25) is 0 Å². The summed E-state index contributed by atoms with van der Waals surface area (Å²) in [5, 5.41) is 9.26. The second-order valence-corrected chi connectivity index (χ2v) is 6.62. The van der Waals surface area contributed by atoms with Crippen molar-refractivity contribution >= 4 is 9.84 Å². The molecule has 0 radical (unpaired) electrons. The average molecular weight is 220 g/mol. The molecule has 1 heterocycles. The van der Waals surface area contributed by atoms with E-state index in [0.29, 0.717) is 11.7 Å². The lowest BCUT2D eigenvalue weighted by molar-refractivity contribution is 0.135. The van der Waals surface area contributed by atoms with Crippen molar-refractivity contribution < 1.29 is 13.5 Å². The Morgan fingerprint density at radius 3 is 2.50 bits per heavy atom. The molecule has 1 aliphatic rings. The summed E-state index contributed by atoms with van der Waals surface area (Å²) in [5.74, 6) is 1.35. The molecule has 0 aromatic heterocycles. The fraction of sp³-hybridized carbons (Fsp3) is 1.00. The highest BCUT2D eigenvalue weighted by atomic mass is 32.2. The minimum absolute atomic E-state index is 0.120. The predicted molar refractivity (Wildman–Crippen MR) is 56.8 cm³/mol. The molecule has 1 fully saturated rings. The van der Waals surface area contributed by atoms with Gasteiger partial charge in [-0.25, -0.2) is 8.42 Å². The molecular weight excluding hydrogens is 200 g/mol. The first-order chi connectivity index (χ1) is 6.50. The predicted octanol–water partition coefficient (Wildman–Crippen LogP) is 1.08. The van der Waals surface area contributed by atoms with Crippen molar-refractivity contribution in [3.8, 4) is 0 Å². The van der Waals surface area contributed by atoms with E-state index < -0.39 is 9.84 Å². The maximum atomic E-state index is 11.3. The third kappa shape index (κ3) is 2.70. The Kier molecular flexibility index (Phi) is 3.95. The molecule has 0 aromatic carbocycles. The molecule has 14 heavy (non-hydrogen) atoms. The van der Waals surface area contributed by atoms with Gasteiger partial charge in [-0.2, -0.15) is 0 Å². The summed E-state index contributed by atoms with van der Waals surface area (Å²) < 4.78 is 22.6. The van der Waals surface area contributed by atoms with Gasteiger partial charge in [0.1, 0.15) is 0 Å². The monoisotopic (exact) mass is 220 g/mol. The lowest BCUT2D eigenvalue weighted by atomic mass is 9.81. The van der Waals surface area contributed by atoms with Gasteiger partial charge in [-0.15, -0.1) is 0 Å². The van der Waals surface area contributed by atoms with Gasteiger partial charge in [0.25, 0.3) is 0 Å². The fourth-order valence-electron chi connectivity index (χ4n) is 2.26. The Morgan fingerprint density at radius 2 is 2.14 bits per heavy atom. The van der Waals surface area contributed by atoms with Crippen LogP contribution in [0.1, 0.15) is 26.7 Å². The second kappa shape index (κ2) is 4.62. The van der Waals surface area contributed by atoms with Crippen molar-refractivity contribution in [1.82, 2.24) is 0 Å². The van der Waals surface area contributed by atoms with E-state index in [9.17, 15) is 13.5 Å². The Labute approximate surface area is 86.4 Å². The van der Waals surface area contributed by atoms with E-state index in [1.165, 1.54) is 0 Å². The van der Waals surface area contributed by atoms with Gasteiger partial charge in [-0.05, 0) is 24.2 Å². The quantitative estimate of drug-likeness (QED) is 0.771. The van der Waals surface area contributed by atoms with Crippen LogP contribution in [0.25, 0.3) is 0 Å². The molecule has 3 unspecified atom stereocenters. The van der Waals surface area contributed by atoms with Crippen LogP contribution in [-0.2, 0) is 9.84 Å². The van der Waals surface area contributed by atoms with Crippen molar-refractivity contribution in [3.63, 3.8) is 0 Å². The molecule has 0 spiro atoms. The molecule has 1 saturated heterocycles. The maximum absolute atomic E-state index is 11.3. The van der Waals surface area contributed by atoms with Crippen LogP contribution >= 0.6 is 0 Å². The molecule has 1 rings (SSSR count). The van der Waals surface area contributed by atoms with E-state index in [4.69, 9.17) is 0 Å². The first-order valence-electron chi connectivity index (χ1n) is 5.31. The van der Waals surface area contributed by atoms with Gasteiger partial charge in [0.2, 0.25) is 0 Å². The number of sulfone groups is 1. The largest absolute Gasteiger partial charge is 0.396 e. The standard InChI is InChI=1S/C10H20O3S/c1-3-8(2)10(6-11)9-4-5-14(12,13)7-9/h8-11H,3-7H2,1-2H3. The third-order valence-electron chi connectivity index (χ3n) is 3.46. The molecule has 0 aliphatic carbocycles. The third-order valence-corrected chi connectivity index (χ3v) is 5.25. The smallest absolute Gasteiger partial charge is 0.150 e. The first-order valence-corrected chi connectivity index (χ1v) is 7.13. The zero-order valence-electron chi connectivity index (χ0n) is 8.94. The Hall–Kier alpha value is -0.0900. The van der Waals surface area contributed by atoms with Gasteiger partial charge < -0.3 is 5.11 Å². The molecule has 0 aromatic rings. The normalized spacial score (nSPS) is 30.1. The molecule has 0 amide bonds. The summed E-state index contributed by atoms with van der Waals surface area (Å²) in [6.45, 7) is 4.29. The summed E-state index contributed by atoms with van der Waals surface area (Å²) in [6, 6.07) is 0. The van der Waals surface area contributed by atoms with E-state index in [0.717, 1.165) is 12.8 Å². The zero-order valence-corrected chi connectivity index (χ0v) is 9.76. The maximum Gasteiger partial charge on any atom is 0.150 e. The molecule has 1 aliphatic heterocycles. The van der Waals surface area contributed by atoms with Crippen molar-refractivity contribution in [3.05, 3.63) is 0 Å². The number of aliphatic hydroxyl groups is 1. The van der Waals surface area contributed by atoms with E-state index in [-0.39, 0.29) is 24.2 Å². The first kappa shape index (κ1) is 12.0. The molecule has 0 saturated carbocycles. The summed E-state index contributed by atoms with van der Waals surface area (Å²) >= 11 is 0. The van der Waals surface area contributed by atoms with Gasteiger partial charge in [0.05, 0.1) is 11.5 Å². The van der Waals surface area contributed by atoms with Crippen molar-refractivity contribution in [2.45, 2.75) is 26.7 Å². The van der Waals surface area contributed by atoms with Crippen LogP contribution in [-0.4, -0.2) is 31.6 Å². The van der Waals surface area contributed by atoms with Gasteiger partial charge in [-0.1, -0.05) is 20.3 Å². The van der Waals surface area contributed by atoms with Crippen molar-refractivity contribution in [1.29, 1.82) is 0 Å². The molecule has 3 atom stereocenters. The number of hydrogen-bond acceptors (Lipinski definition) is 3. The van der Waals surface area contributed by atoms with E-state index >= 15 is 0 Å². The SMILES string of the molecule is CCC(C)C(CO)C1CCS(=O)(=O)C1. The number of rotatable bonds is 4. The zero-order chi connectivity index (χ0) is 10.8. The van der Waals surface area contributed by atoms with E-state index in [1.807, 2.05) is 0 Å². The summed E-state index contributed by atoms with van der Waals surface area (Å²) in [4.78, 5) is 0. The van der Waals surface area contributed by atoms with Crippen molar-refractivity contribution in [2.75, 3.05) is 18.1 Å². The molecule has 4 heteroatoms. The van der Waals surface area contributed by atoms with Gasteiger partial charge in [-0.3, -0.25) is 0 Å². The van der Waals surface area contributed by atoms with Gasteiger partial charge in [0.15, 0.2) is 9.84 Å². The lowest BCUT2D eigenvalue weighted by Gasteiger charge is -2.25. The Balaban J connectivity index is 2.64. The molecule has 84 valence electrons. The topological polar surface area (TPSA) is 54.4 Å². The van der Waals surface area contributed by atoms with Crippen LogP contribution in [0.3, 0.4) is 0 Å². The van der Waals surface area contributed by atoms with Crippen LogP contribution in [0.15, 0.2) is 0 Å². The van der Waals surface area contributed by atoms with Gasteiger partial charge >= 0.3 is 0 Å². The summed E-state index contributed by atoms with van der Waals surface area (Å²) in [5.41, 5.74) is 0. The highest BCUT2D eigenvalue weighted by Gasteiger charge is 2.35. The van der Waals surface area contributed by atoms with E-state index in [1.54, 1.807) is 0 Å². The highest BCUT2D eigenvalue weighted by Crippen LogP contribution is 2.31. The lowest BCUT2D eigenvalue weighted by Crippen LogP contribution is -2.26. The van der Waals surface area contributed by atoms with E-state index in [2.05, 4.69) is 13.8 Å². The van der Waals surface area contributed by atoms with Crippen molar-refractivity contribution in [2.24, 2.45) is 17.8 Å². The Bertz CT molecular complexity index is 271. The molecule has 3 nitrogen and oxygen atoms in total. The molecule has 1 N–H and O–H groups in total. The second-order valence-electron chi connectivity index (χ2n) is 4.40. The van der Waals surface area contributed by atoms with Crippen LogP contribution in [0.4, 0.5) is 0 Å². The van der Waals surface area contributed by atoms with Crippen LogP contribution < -0.4 is 0 Å².